The molecule has 1 heterocycles. The molecule has 28 heavy (non-hydrogen) atoms. The number of ether oxygens (including phenoxy) is 2. The molecule has 0 aliphatic carbocycles. The maximum absolute atomic E-state index is 12.5. The molecule has 0 atom stereocenters. The average molecular weight is 378 g/mol. The third-order valence-electron chi connectivity index (χ3n) is 4.11. The van der Waals surface area contributed by atoms with Crippen molar-refractivity contribution in [2.45, 2.75) is 13.8 Å². The van der Waals surface area contributed by atoms with Crippen LogP contribution in [-0.2, 0) is 0 Å². The molecule has 1 aromatic heterocycles. The number of hydrogen-bond acceptors (Lipinski definition) is 6. The Morgan fingerprint density at radius 3 is 2.04 bits per heavy atom. The molecule has 0 saturated carbocycles. The zero-order chi connectivity index (χ0) is 20.1. The summed E-state index contributed by atoms with van der Waals surface area (Å²) in [6.45, 7) is 3.93. The van der Waals surface area contributed by atoms with Crippen molar-refractivity contribution < 1.29 is 14.3 Å². The Morgan fingerprint density at radius 2 is 1.46 bits per heavy atom. The molecule has 2 N–H and O–H groups in total. The first-order valence-electron chi connectivity index (χ1n) is 8.70. The lowest BCUT2D eigenvalue weighted by atomic mass is 10.2. The minimum absolute atomic E-state index is 0.199. The topological polar surface area (TPSA) is 85.4 Å². The molecule has 1 amide bonds. The number of rotatable bonds is 6. The van der Waals surface area contributed by atoms with Crippen LogP contribution in [0.4, 0.5) is 17.2 Å². The molecule has 0 aliphatic rings. The third kappa shape index (κ3) is 4.37. The molecule has 0 radical (unpaired) electrons. The summed E-state index contributed by atoms with van der Waals surface area (Å²) in [6.07, 6.45) is 2.92. The van der Waals surface area contributed by atoms with Gasteiger partial charge in [-0.15, -0.1) is 0 Å². The van der Waals surface area contributed by atoms with Crippen LogP contribution in [0.25, 0.3) is 0 Å². The van der Waals surface area contributed by atoms with Gasteiger partial charge >= 0.3 is 0 Å². The number of methoxy groups -OCH3 is 2. The molecule has 7 heteroatoms. The smallest absolute Gasteiger partial charge is 0.275 e. The van der Waals surface area contributed by atoms with Crippen LogP contribution in [0.2, 0.25) is 0 Å². The molecular weight excluding hydrogens is 356 g/mol. The number of nitrogens with zero attached hydrogens (tertiary/aromatic N) is 2. The summed E-state index contributed by atoms with van der Waals surface area (Å²) in [5.74, 6) is 1.42. The maximum Gasteiger partial charge on any atom is 0.275 e. The van der Waals surface area contributed by atoms with Crippen LogP contribution < -0.4 is 20.1 Å². The Labute approximate surface area is 163 Å². The molecule has 7 nitrogen and oxygen atoms in total. The number of aromatic nitrogens is 2. The van der Waals surface area contributed by atoms with Crippen molar-refractivity contribution in [1.29, 1.82) is 0 Å². The van der Waals surface area contributed by atoms with Gasteiger partial charge in [0, 0.05) is 0 Å². The quantitative estimate of drug-likeness (QED) is 0.671. The van der Waals surface area contributed by atoms with Gasteiger partial charge in [0.05, 0.1) is 38.0 Å². The van der Waals surface area contributed by atoms with Gasteiger partial charge in [-0.2, -0.15) is 0 Å². The van der Waals surface area contributed by atoms with Gasteiger partial charge in [0.25, 0.3) is 5.91 Å². The second-order valence-corrected chi connectivity index (χ2v) is 6.27. The Balaban J connectivity index is 1.75. The molecule has 3 aromatic rings. The zero-order valence-corrected chi connectivity index (χ0v) is 16.2. The normalized spacial score (nSPS) is 10.3. The van der Waals surface area contributed by atoms with Crippen LogP contribution >= 0.6 is 0 Å². The van der Waals surface area contributed by atoms with E-state index >= 15 is 0 Å². The lowest BCUT2D eigenvalue weighted by molar-refractivity contribution is 0.102. The first kappa shape index (κ1) is 19.2. The van der Waals surface area contributed by atoms with Crippen LogP contribution in [0, 0.1) is 13.8 Å². The van der Waals surface area contributed by atoms with Crippen LogP contribution in [0.15, 0.2) is 48.8 Å². The van der Waals surface area contributed by atoms with Crippen molar-refractivity contribution in [2.24, 2.45) is 0 Å². The summed E-state index contributed by atoms with van der Waals surface area (Å²) in [6, 6.07) is 11.3. The Bertz CT molecular complexity index is 987. The molecule has 144 valence electrons. The number of nitrogens with one attached hydrogen (secondary N) is 2. The molecule has 0 fully saturated rings. The highest BCUT2D eigenvalue weighted by Gasteiger charge is 2.12. The van der Waals surface area contributed by atoms with Crippen LogP contribution in [0.3, 0.4) is 0 Å². The monoisotopic (exact) mass is 378 g/mol. The Hall–Kier alpha value is -3.61. The number of amides is 1. The molecular formula is C21H22N4O3. The SMILES string of the molecule is COc1ccc(C)cc1NC(=O)c1cnc(Nc2cc(C)ccc2OC)cn1. The minimum atomic E-state index is -0.365. The molecule has 0 aliphatic heterocycles. The summed E-state index contributed by atoms with van der Waals surface area (Å²) in [5, 5.41) is 5.96. The van der Waals surface area contributed by atoms with Gasteiger partial charge in [-0.1, -0.05) is 12.1 Å². The fourth-order valence-corrected chi connectivity index (χ4v) is 2.67. The van der Waals surface area contributed by atoms with Gasteiger partial charge in [0.2, 0.25) is 0 Å². The molecule has 0 unspecified atom stereocenters. The van der Waals surface area contributed by atoms with E-state index < -0.39 is 0 Å². The predicted octanol–water partition coefficient (Wildman–Crippen LogP) is 4.11. The largest absolute Gasteiger partial charge is 0.495 e. The number of carbonyl (C=O) groups is 1. The van der Waals surface area contributed by atoms with Gasteiger partial charge in [-0.25, -0.2) is 9.97 Å². The van der Waals surface area contributed by atoms with E-state index in [0.717, 1.165) is 16.8 Å². The molecule has 0 bridgehead atoms. The average Bonchev–Trinajstić information content (AvgIpc) is 2.69. The van der Waals surface area contributed by atoms with Crippen molar-refractivity contribution in [3.63, 3.8) is 0 Å². The van der Waals surface area contributed by atoms with Crippen molar-refractivity contribution in [3.05, 3.63) is 65.6 Å². The van der Waals surface area contributed by atoms with Crippen molar-refractivity contribution in [3.8, 4) is 11.5 Å². The van der Waals surface area contributed by atoms with Gasteiger partial charge in [0.15, 0.2) is 0 Å². The Morgan fingerprint density at radius 1 is 0.857 bits per heavy atom. The van der Waals surface area contributed by atoms with Gasteiger partial charge < -0.3 is 20.1 Å². The first-order valence-corrected chi connectivity index (χ1v) is 8.70. The predicted molar refractivity (Wildman–Crippen MR) is 109 cm³/mol. The van der Waals surface area contributed by atoms with Crippen LogP contribution in [0.5, 0.6) is 11.5 Å². The first-order chi connectivity index (χ1) is 13.5. The van der Waals surface area contributed by atoms with Crippen molar-refractivity contribution >= 4 is 23.1 Å². The summed E-state index contributed by atoms with van der Waals surface area (Å²) in [5.41, 5.74) is 3.65. The fraction of sp³-hybridized carbons (Fsp3) is 0.190. The molecule has 0 spiro atoms. The van der Waals surface area contributed by atoms with Crippen molar-refractivity contribution in [2.75, 3.05) is 24.9 Å². The molecule has 0 saturated heterocycles. The fourth-order valence-electron chi connectivity index (χ4n) is 2.67. The number of aryl methyl sites for hydroxylation is 2. The molecule has 3 rings (SSSR count). The van der Waals surface area contributed by atoms with Crippen LogP contribution in [-0.4, -0.2) is 30.1 Å². The Kier molecular flexibility index (Phi) is 5.74. The second kappa shape index (κ2) is 8.39. The number of carbonyl (C=O) groups excluding carboxylic acids is 1. The molecule has 2 aromatic carbocycles. The van der Waals surface area contributed by atoms with E-state index in [1.807, 2.05) is 44.2 Å². The lowest BCUT2D eigenvalue weighted by Gasteiger charge is -2.12. The summed E-state index contributed by atoms with van der Waals surface area (Å²) >= 11 is 0. The highest BCUT2D eigenvalue weighted by molar-refractivity contribution is 6.03. The van der Waals surface area contributed by atoms with Gasteiger partial charge in [-0.3, -0.25) is 4.79 Å². The highest BCUT2D eigenvalue weighted by Crippen LogP contribution is 2.28. The van der Waals surface area contributed by atoms with Gasteiger partial charge in [0.1, 0.15) is 23.0 Å². The summed E-state index contributed by atoms with van der Waals surface area (Å²) < 4.78 is 10.6. The van der Waals surface area contributed by atoms with E-state index in [4.69, 9.17) is 9.47 Å². The lowest BCUT2D eigenvalue weighted by Crippen LogP contribution is -2.15. The number of benzene rings is 2. The number of anilines is 3. The summed E-state index contributed by atoms with van der Waals surface area (Å²) in [4.78, 5) is 21.0. The summed E-state index contributed by atoms with van der Waals surface area (Å²) in [7, 11) is 3.16. The third-order valence-corrected chi connectivity index (χ3v) is 4.11. The highest BCUT2D eigenvalue weighted by atomic mass is 16.5. The van der Waals surface area contributed by atoms with E-state index in [1.54, 1.807) is 20.3 Å². The standard InChI is InChI=1S/C21H22N4O3/c1-13-5-7-18(27-3)15(9-13)24-20-12-22-17(11-23-20)21(26)25-16-10-14(2)6-8-19(16)28-4/h5-12H,1-4H3,(H,23,24)(H,25,26). The maximum atomic E-state index is 12.5. The number of hydrogen-bond donors (Lipinski definition) is 2. The van der Waals surface area contributed by atoms with Gasteiger partial charge in [-0.05, 0) is 49.2 Å². The van der Waals surface area contributed by atoms with Crippen molar-refractivity contribution in [1.82, 2.24) is 9.97 Å². The van der Waals surface area contributed by atoms with E-state index in [2.05, 4.69) is 20.6 Å². The van der Waals surface area contributed by atoms with E-state index in [9.17, 15) is 4.79 Å². The van der Waals surface area contributed by atoms with E-state index in [-0.39, 0.29) is 11.6 Å². The zero-order valence-electron chi connectivity index (χ0n) is 16.2. The second-order valence-electron chi connectivity index (χ2n) is 6.27. The minimum Gasteiger partial charge on any atom is -0.495 e. The van der Waals surface area contributed by atoms with E-state index in [1.165, 1.54) is 12.4 Å². The van der Waals surface area contributed by atoms with E-state index in [0.29, 0.717) is 23.0 Å². The van der Waals surface area contributed by atoms with Crippen LogP contribution in [0.1, 0.15) is 21.6 Å².